The summed E-state index contributed by atoms with van der Waals surface area (Å²) in [6.07, 6.45) is 0. The molecule has 0 fully saturated rings. The highest BCUT2D eigenvalue weighted by Gasteiger charge is 2.28. The second-order valence-electron chi connectivity index (χ2n) is 5.96. The molecule has 0 heterocycles. The minimum absolute atomic E-state index is 0.0564. The van der Waals surface area contributed by atoms with Crippen molar-refractivity contribution in [2.45, 2.75) is 39.4 Å². The van der Waals surface area contributed by atoms with E-state index in [-0.39, 0.29) is 12.4 Å². The fraction of sp³-hybridized carbons (Fsp3) is 0.533. The summed E-state index contributed by atoms with van der Waals surface area (Å²) < 4.78 is 28.8. The molecule has 0 bridgehead atoms. The third-order valence-corrected chi connectivity index (χ3v) is 5.79. The largest absolute Gasteiger partial charge is 0.492 e. The lowest BCUT2D eigenvalue weighted by Crippen LogP contribution is -2.32. The van der Waals surface area contributed by atoms with Crippen LogP contribution in [0.5, 0.6) is 5.75 Å². The highest BCUT2D eigenvalue weighted by Crippen LogP contribution is 2.22. The maximum atomic E-state index is 12.0. The van der Waals surface area contributed by atoms with Gasteiger partial charge in [0.2, 0.25) is 0 Å². The summed E-state index contributed by atoms with van der Waals surface area (Å²) >= 11 is 0. The van der Waals surface area contributed by atoms with E-state index < -0.39 is 14.6 Å². The molecule has 0 atom stereocenters. The van der Waals surface area contributed by atoms with Crippen LogP contribution in [0.4, 0.5) is 0 Å². The maximum Gasteiger partial charge on any atom is 0.158 e. The number of sulfone groups is 1. The summed E-state index contributed by atoms with van der Waals surface area (Å²) in [5.74, 6) is 0.457. The molecule has 0 aliphatic rings. The fourth-order valence-electron chi connectivity index (χ4n) is 1.67. The molecule has 1 aromatic rings. The Morgan fingerprint density at radius 2 is 1.95 bits per heavy atom. The highest BCUT2D eigenvalue weighted by molar-refractivity contribution is 7.92. The molecule has 6 heteroatoms. The van der Waals surface area contributed by atoms with Crippen LogP contribution in [0.1, 0.15) is 38.8 Å². The van der Waals surface area contributed by atoms with Crippen molar-refractivity contribution < 1.29 is 18.4 Å². The second-order valence-corrected chi connectivity index (χ2v) is 8.83. The monoisotopic (exact) mass is 313 g/mol. The number of ether oxygens (including phenoxy) is 1. The highest BCUT2D eigenvalue weighted by atomic mass is 32.2. The minimum Gasteiger partial charge on any atom is -0.492 e. The van der Waals surface area contributed by atoms with E-state index in [9.17, 15) is 8.42 Å². The predicted molar refractivity (Wildman–Crippen MR) is 84.2 cm³/mol. The van der Waals surface area contributed by atoms with Gasteiger partial charge in [-0.1, -0.05) is 16.8 Å². The number of hydrogen-bond donors (Lipinski definition) is 1. The van der Waals surface area contributed by atoms with Crippen molar-refractivity contribution in [2.75, 3.05) is 12.4 Å². The average molecular weight is 313 g/mol. The van der Waals surface area contributed by atoms with Gasteiger partial charge >= 0.3 is 0 Å². The van der Waals surface area contributed by atoms with E-state index in [1.165, 1.54) is 0 Å². The molecule has 0 aromatic heterocycles. The van der Waals surface area contributed by atoms with Gasteiger partial charge in [-0.15, -0.1) is 0 Å². The summed E-state index contributed by atoms with van der Waals surface area (Å²) in [5.41, 5.74) is 2.08. The zero-order valence-electron chi connectivity index (χ0n) is 13.2. The lowest BCUT2D eigenvalue weighted by molar-refractivity contribution is 0.317. The first-order chi connectivity index (χ1) is 9.58. The van der Waals surface area contributed by atoms with Crippen LogP contribution in [0.2, 0.25) is 0 Å². The average Bonchev–Trinajstić information content (AvgIpc) is 2.38. The van der Waals surface area contributed by atoms with Crippen LogP contribution in [0.3, 0.4) is 0 Å². The first kappa shape index (κ1) is 17.5. The zero-order valence-corrected chi connectivity index (χ0v) is 14.0. The fourth-order valence-corrected chi connectivity index (χ4v) is 2.59. The topological polar surface area (TPSA) is 76.0 Å². The van der Waals surface area contributed by atoms with Gasteiger partial charge in [0.25, 0.3) is 0 Å². The SMILES string of the molecule is C/C(=N/O)c1cc(C)ccc1OCCS(=O)(=O)C(C)(C)C. The Bertz CT molecular complexity index is 628. The Morgan fingerprint density at radius 3 is 2.48 bits per heavy atom. The van der Waals surface area contributed by atoms with Crippen LogP contribution in [-0.4, -0.2) is 36.4 Å². The normalized spacial score (nSPS) is 13.3. The van der Waals surface area contributed by atoms with Gasteiger partial charge < -0.3 is 9.94 Å². The number of aryl methyl sites for hydroxylation is 1. The Kier molecular flexibility index (Phi) is 5.39. The van der Waals surface area contributed by atoms with Crippen molar-refractivity contribution in [3.8, 4) is 5.75 Å². The third kappa shape index (κ3) is 4.46. The minimum atomic E-state index is -3.22. The van der Waals surface area contributed by atoms with Crippen LogP contribution in [-0.2, 0) is 9.84 Å². The number of nitrogens with zero attached hydrogens (tertiary/aromatic N) is 1. The number of oxime groups is 1. The zero-order chi connectivity index (χ0) is 16.3. The van der Waals surface area contributed by atoms with Gasteiger partial charge in [0.1, 0.15) is 12.4 Å². The molecule has 118 valence electrons. The van der Waals surface area contributed by atoms with Crippen LogP contribution in [0, 0.1) is 6.92 Å². The molecule has 0 unspecified atom stereocenters. The molecule has 0 aliphatic carbocycles. The van der Waals surface area contributed by atoms with Gasteiger partial charge in [-0.2, -0.15) is 0 Å². The molecule has 1 aromatic carbocycles. The summed E-state index contributed by atoms with van der Waals surface area (Å²) in [4.78, 5) is 0. The Hall–Kier alpha value is -1.56. The molecule has 0 aliphatic heterocycles. The van der Waals surface area contributed by atoms with Crippen LogP contribution in [0.15, 0.2) is 23.4 Å². The van der Waals surface area contributed by atoms with E-state index >= 15 is 0 Å². The van der Waals surface area contributed by atoms with Gasteiger partial charge in [0.15, 0.2) is 9.84 Å². The molecule has 0 radical (unpaired) electrons. The van der Waals surface area contributed by atoms with Crippen molar-refractivity contribution >= 4 is 15.5 Å². The smallest absolute Gasteiger partial charge is 0.158 e. The Labute approximate surface area is 126 Å². The first-order valence-electron chi connectivity index (χ1n) is 6.73. The molecule has 0 saturated carbocycles. The van der Waals surface area contributed by atoms with Gasteiger partial charge in [0.05, 0.1) is 16.2 Å². The summed E-state index contributed by atoms with van der Waals surface area (Å²) in [5, 5.41) is 12.1. The first-order valence-corrected chi connectivity index (χ1v) is 8.38. The van der Waals surface area contributed by atoms with Crippen LogP contribution < -0.4 is 4.74 Å². The maximum absolute atomic E-state index is 12.0. The molecule has 1 N–H and O–H groups in total. The standard InChI is InChI=1S/C15H23NO4S/c1-11-6-7-14(13(10-11)12(2)16-17)20-8-9-21(18,19)15(3,4)5/h6-7,10,17H,8-9H2,1-5H3/b16-12-. The summed E-state index contributed by atoms with van der Waals surface area (Å²) in [7, 11) is -3.22. The van der Waals surface area contributed by atoms with Gasteiger partial charge in [-0.05, 0) is 46.8 Å². The Balaban J connectivity index is 2.87. The molecular weight excluding hydrogens is 290 g/mol. The quantitative estimate of drug-likeness (QED) is 0.515. The van der Waals surface area contributed by atoms with E-state index in [2.05, 4.69) is 5.16 Å². The predicted octanol–water partition coefficient (Wildman–Crippen LogP) is 2.79. The van der Waals surface area contributed by atoms with Crippen LogP contribution >= 0.6 is 0 Å². The molecule has 0 spiro atoms. The van der Waals surface area contributed by atoms with Crippen molar-refractivity contribution in [1.29, 1.82) is 0 Å². The van der Waals surface area contributed by atoms with E-state index in [4.69, 9.17) is 9.94 Å². The number of rotatable bonds is 5. The van der Waals surface area contributed by atoms with Gasteiger partial charge in [-0.25, -0.2) is 8.42 Å². The lowest BCUT2D eigenvalue weighted by atomic mass is 10.1. The van der Waals surface area contributed by atoms with Crippen molar-refractivity contribution in [3.63, 3.8) is 0 Å². The second kappa shape index (κ2) is 6.47. The number of hydrogen-bond acceptors (Lipinski definition) is 5. The van der Waals surface area contributed by atoms with Crippen LogP contribution in [0.25, 0.3) is 0 Å². The molecule has 0 amide bonds. The van der Waals surface area contributed by atoms with Crippen molar-refractivity contribution in [2.24, 2.45) is 5.16 Å². The van der Waals surface area contributed by atoms with E-state index in [0.29, 0.717) is 17.0 Å². The van der Waals surface area contributed by atoms with E-state index in [1.807, 2.05) is 19.1 Å². The molecule has 0 saturated heterocycles. The Morgan fingerprint density at radius 1 is 1.33 bits per heavy atom. The van der Waals surface area contributed by atoms with E-state index in [0.717, 1.165) is 5.56 Å². The summed E-state index contributed by atoms with van der Waals surface area (Å²) in [6, 6.07) is 5.45. The molecule has 21 heavy (non-hydrogen) atoms. The third-order valence-electron chi connectivity index (χ3n) is 3.22. The van der Waals surface area contributed by atoms with Crippen molar-refractivity contribution in [1.82, 2.24) is 0 Å². The van der Waals surface area contributed by atoms with Gasteiger partial charge in [-0.3, -0.25) is 0 Å². The lowest BCUT2D eigenvalue weighted by Gasteiger charge is -2.19. The van der Waals surface area contributed by atoms with Gasteiger partial charge in [0, 0.05) is 5.56 Å². The van der Waals surface area contributed by atoms with E-state index in [1.54, 1.807) is 33.8 Å². The molecule has 1 rings (SSSR count). The molecular formula is C15H23NO4S. The molecule has 5 nitrogen and oxygen atoms in total. The summed E-state index contributed by atoms with van der Waals surface area (Å²) in [6.45, 7) is 8.65. The van der Waals surface area contributed by atoms with Crippen molar-refractivity contribution in [3.05, 3.63) is 29.3 Å². The number of benzene rings is 1.